The van der Waals surface area contributed by atoms with Crippen LogP contribution in [0.1, 0.15) is 31.8 Å². The predicted molar refractivity (Wildman–Crippen MR) is 75.9 cm³/mol. The van der Waals surface area contributed by atoms with E-state index in [0.29, 0.717) is 11.1 Å². The van der Waals surface area contributed by atoms with Gasteiger partial charge in [0.2, 0.25) is 0 Å². The van der Waals surface area contributed by atoms with Crippen molar-refractivity contribution in [2.24, 2.45) is 0 Å². The molecule has 0 aliphatic carbocycles. The van der Waals surface area contributed by atoms with Gasteiger partial charge >= 0.3 is 11.9 Å². The lowest BCUT2D eigenvalue weighted by Crippen LogP contribution is -2.12. The van der Waals surface area contributed by atoms with E-state index in [2.05, 4.69) is 0 Å². The summed E-state index contributed by atoms with van der Waals surface area (Å²) in [6.45, 7) is 3.32. The van der Waals surface area contributed by atoms with Crippen molar-refractivity contribution in [2.75, 3.05) is 0 Å². The van der Waals surface area contributed by atoms with E-state index in [4.69, 9.17) is 9.84 Å². The van der Waals surface area contributed by atoms with Crippen molar-refractivity contribution in [3.63, 3.8) is 0 Å². The van der Waals surface area contributed by atoms with Crippen molar-refractivity contribution >= 4 is 11.9 Å². The number of rotatable bonds is 3. The van der Waals surface area contributed by atoms with Crippen molar-refractivity contribution in [3.05, 3.63) is 58.7 Å². The van der Waals surface area contributed by atoms with E-state index in [-0.39, 0.29) is 22.6 Å². The molecule has 2 aromatic rings. The third-order valence-corrected chi connectivity index (χ3v) is 3.07. The SMILES string of the molecule is Cc1cc(C(=O)Oc2c(C)cccc2C(=O)O)ccc1O. The Morgan fingerprint density at radius 1 is 1.05 bits per heavy atom. The molecule has 0 atom stereocenters. The van der Waals surface area contributed by atoms with Gasteiger partial charge in [-0.3, -0.25) is 0 Å². The summed E-state index contributed by atoms with van der Waals surface area (Å²) in [5.41, 5.74) is 1.26. The zero-order valence-electron chi connectivity index (χ0n) is 11.6. The number of carboxylic acids is 1. The minimum atomic E-state index is -1.16. The van der Waals surface area contributed by atoms with Crippen molar-refractivity contribution in [1.82, 2.24) is 0 Å². The number of carbonyl (C=O) groups is 2. The summed E-state index contributed by atoms with van der Waals surface area (Å²) in [6, 6.07) is 8.92. The van der Waals surface area contributed by atoms with Gasteiger partial charge in [-0.2, -0.15) is 0 Å². The topological polar surface area (TPSA) is 83.8 Å². The Morgan fingerprint density at radius 3 is 2.38 bits per heavy atom. The summed E-state index contributed by atoms with van der Waals surface area (Å²) >= 11 is 0. The molecule has 2 rings (SSSR count). The molecule has 0 aliphatic heterocycles. The number of carbonyl (C=O) groups excluding carboxylic acids is 1. The highest BCUT2D eigenvalue weighted by atomic mass is 16.5. The van der Waals surface area contributed by atoms with E-state index in [0.717, 1.165) is 0 Å². The van der Waals surface area contributed by atoms with E-state index in [9.17, 15) is 14.7 Å². The van der Waals surface area contributed by atoms with Crippen molar-refractivity contribution in [3.8, 4) is 11.5 Å². The van der Waals surface area contributed by atoms with Gasteiger partial charge in [0, 0.05) is 0 Å². The second-order valence-corrected chi connectivity index (χ2v) is 4.65. The Bertz CT molecular complexity index is 719. The fourth-order valence-corrected chi connectivity index (χ4v) is 1.89. The first-order valence-electron chi connectivity index (χ1n) is 6.25. The van der Waals surface area contributed by atoms with Crippen molar-refractivity contribution in [2.45, 2.75) is 13.8 Å². The Kier molecular flexibility index (Phi) is 3.93. The van der Waals surface area contributed by atoms with Crippen LogP contribution in [0.3, 0.4) is 0 Å². The van der Waals surface area contributed by atoms with Gasteiger partial charge in [-0.25, -0.2) is 9.59 Å². The molecule has 0 spiro atoms. The Labute approximate surface area is 121 Å². The molecule has 5 nitrogen and oxygen atoms in total. The van der Waals surface area contributed by atoms with Gasteiger partial charge < -0.3 is 14.9 Å². The molecule has 0 bridgehead atoms. The van der Waals surface area contributed by atoms with Gasteiger partial charge in [0.05, 0.1) is 5.56 Å². The summed E-state index contributed by atoms with van der Waals surface area (Å²) in [5.74, 6) is -1.73. The maximum absolute atomic E-state index is 12.1. The number of hydrogen-bond acceptors (Lipinski definition) is 4. The number of carboxylic acid groups (broad SMARTS) is 1. The van der Waals surface area contributed by atoms with E-state index < -0.39 is 11.9 Å². The normalized spacial score (nSPS) is 10.2. The zero-order valence-corrected chi connectivity index (χ0v) is 11.6. The summed E-state index contributed by atoms with van der Waals surface area (Å²) in [7, 11) is 0. The van der Waals surface area contributed by atoms with Crippen LogP contribution in [-0.2, 0) is 0 Å². The first-order chi connectivity index (χ1) is 9.90. The smallest absolute Gasteiger partial charge is 0.343 e. The second kappa shape index (κ2) is 5.66. The maximum Gasteiger partial charge on any atom is 0.343 e. The minimum Gasteiger partial charge on any atom is -0.508 e. The molecule has 0 radical (unpaired) electrons. The maximum atomic E-state index is 12.1. The van der Waals surface area contributed by atoms with Crippen molar-refractivity contribution in [1.29, 1.82) is 0 Å². The average molecular weight is 286 g/mol. The van der Waals surface area contributed by atoms with Crippen LogP contribution in [0.2, 0.25) is 0 Å². The Balaban J connectivity index is 2.36. The van der Waals surface area contributed by atoms with E-state index in [1.165, 1.54) is 24.3 Å². The fourth-order valence-electron chi connectivity index (χ4n) is 1.89. The molecule has 0 saturated heterocycles. The fraction of sp³-hybridized carbons (Fsp3) is 0.125. The molecular weight excluding hydrogens is 272 g/mol. The zero-order chi connectivity index (χ0) is 15.6. The number of aromatic carboxylic acids is 1. The number of esters is 1. The number of phenols is 1. The number of aromatic hydroxyl groups is 1. The van der Waals surface area contributed by atoms with Gasteiger partial charge in [-0.05, 0) is 49.2 Å². The summed E-state index contributed by atoms with van der Waals surface area (Å²) in [4.78, 5) is 23.3. The molecule has 0 fully saturated rings. The van der Waals surface area contributed by atoms with Gasteiger partial charge in [0.25, 0.3) is 0 Å². The van der Waals surface area contributed by atoms with Crippen LogP contribution in [0.15, 0.2) is 36.4 Å². The molecule has 21 heavy (non-hydrogen) atoms. The summed E-state index contributed by atoms with van der Waals surface area (Å²) in [6.07, 6.45) is 0. The van der Waals surface area contributed by atoms with Crippen LogP contribution in [0, 0.1) is 13.8 Å². The van der Waals surface area contributed by atoms with Gasteiger partial charge in [0.1, 0.15) is 17.1 Å². The first kappa shape index (κ1) is 14.6. The molecule has 0 amide bonds. The van der Waals surface area contributed by atoms with Crippen LogP contribution < -0.4 is 4.74 Å². The Morgan fingerprint density at radius 2 is 1.76 bits per heavy atom. The third kappa shape index (κ3) is 3.02. The van der Waals surface area contributed by atoms with Crippen LogP contribution in [0.25, 0.3) is 0 Å². The highest BCUT2D eigenvalue weighted by Gasteiger charge is 2.18. The molecule has 0 aromatic heterocycles. The third-order valence-electron chi connectivity index (χ3n) is 3.07. The molecule has 0 aliphatic rings. The average Bonchev–Trinajstić information content (AvgIpc) is 2.43. The van der Waals surface area contributed by atoms with Crippen LogP contribution >= 0.6 is 0 Å². The van der Waals surface area contributed by atoms with Gasteiger partial charge in [0.15, 0.2) is 0 Å². The monoisotopic (exact) mass is 286 g/mol. The molecule has 0 saturated carbocycles. The predicted octanol–water partition coefficient (Wildman–Crippen LogP) is 2.93. The van der Waals surface area contributed by atoms with Gasteiger partial charge in [-0.1, -0.05) is 12.1 Å². The molecule has 5 heteroatoms. The highest BCUT2D eigenvalue weighted by molar-refractivity contribution is 5.96. The lowest BCUT2D eigenvalue weighted by atomic mass is 10.1. The number of aryl methyl sites for hydroxylation is 2. The van der Waals surface area contributed by atoms with Gasteiger partial charge in [-0.15, -0.1) is 0 Å². The van der Waals surface area contributed by atoms with Crippen molar-refractivity contribution < 1.29 is 24.5 Å². The minimum absolute atomic E-state index is 0.0285. The number of benzene rings is 2. The number of hydrogen-bond donors (Lipinski definition) is 2. The number of ether oxygens (including phenoxy) is 1. The highest BCUT2D eigenvalue weighted by Crippen LogP contribution is 2.25. The van der Waals surface area contributed by atoms with Crippen LogP contribution in [0.4, 0.5) is 0 Å². The first-order valence-corrected chi connectivity index (χ1v) is 6.25. The Hall–Kier alpha value is -2.82. The van der Waals surface area contributed by atoms with E-state index in [1.807, 2.05) is 0 Å². The summed E-state index contributed by atoms with van der Waals surface area (Å²) < 4.78 is 5.22. The van der Waals surface area contributed by atoms with E-state index in [1.54, 1.807) is 26.0 Å². The lowest BCUT2D eigenvalue weighted by molar-refractivity contribution is 0.0680. The molecule has 0 unspecified atom stereocenters. The molecule has 2 aromatic carbocycles. The largest absolute Gasteiger partial charge is 0.508 e. The molecule has 108 valence electrons. The second-order valence-electron chi connectivity index (χ2n) is 4.65. The number of para-hydroxylation sites is 1. The molecular formula is C16H14O5. The van der Waals surface area contributed by atoms with E-state index >= 15 is 0 Å². The standard InChI is InChI=1S/C16H14O5/c1-9-4-3-5-12(15(18)19)14(9)21-16(20)11-6-7-13(17)10(2)8-11/h3-8,17H,1-2H3,(H,18,19). The number of phenolic OH excluding ortho intramolecular Hbond substituents is 1. The lowest BCUT2D eigenvalue weighted by Gasteiger charge is -2.10. The van der Waals surface area contributed by atoms with Crippen LogP contribution in [-0.4, -0.2) is 22.2 Å². The summed E-state index contributed by atoms with van der Waals surface area (Å²) in [5, 5.41) is 18.6. The molecule has 0 heterocycles. The molecule has 2 N–H and O–H groups in total. The quantitative estimate of drug-likeness (QED) is 0.669. The van der Waals surface area contributed by atoms with Crippen LogP contribution in [0.5, 0.6) is 11.5 Å².